The third-order valence-corrected chi connectivity index (χ3v) is 5.52. The number of carbonyl (C=O) groups is 2. The van der Waals surface area contributed by atoms with Crippen LogP contribution in [0.5, 0.6) is 0 Å². The Hall–Kier alpha value is -2.41. The van der Waals surface area contributed by atoms with E-state index in [1.54, 1.807) is 24.3 Å². The van der Waals surface area contributed by atoms with Crippen molar-refractivity contribution in [3.63, 3.8) is 0 Å². The fourth-order valence-electron chi connectivity index (χ4n) is 3.83. The number of halogens is 1. The van der Waals surface area contributed by atoms with Crippen molar-refractivity contribution >= 4 is 29.1 Å². The number of nitrogens with zero attached hydrogens (tertiary/aromatic N) is 3. The first-order valence-corrected chi connectivity index (χ1v) is 9.77. The van der Waals surface area contributed by atoms with Gasteiger partial charge < -0.3 is 10.0 Å². The van der Waals surface area contributed by atoms with Gasteiger partial charge in [0.25, 0.3) is 11.8 Å². The Morgan fingerprint density at radius 3 is 2.14 bits per heavy atom. The lowest BCUT2D eigenvalue weighted by Gasteiger charge is -2.37. The zero-order chi connectivity index (χ0) is 19.7. The summed E-state index contributed by atoms with van der Waals surface area (Å²) in [5, 5.41) is 11.2. The van der Waals surface area contributed by atoms with Crippen LogP contribution in [0.2, 0.25) is 5.02 Å². The van der Waals surface area contributed by atoms with Gasteiger partial charge in [0.2, 0.25) is 0 Å². The molecule has 1 N–H and O–H groups in total. The maximum Gasteiger partial charge on any atom is 0.261 e. The minimum absolute atomic E-state index is 0.0147. The molecule has 2 aliphatic heterocycles. The second kappa shape index (κ2) is 7.91. The molecule has 6 nitrogen and oxygen atoms in total. The molecule has 2 heterocycles. The lowest BCUT2D eigenvalue weighted by Crippen LogP contribution is -2.50. The SMILES string of the molecule is O=C1c2ccccc2C(=O)N1C[C@H](O)CN1CCN(c2cccc(Cl)c2)CC1. The van der Waals surface area contributed by atoms with Crippen molar-refractivity contribution in [1.29, 1.82) is 0 Å². The summed E-state index contributed by atoms with van der Waals surface area (Å²) in [6.07, 6.45) is -0.778. The number of β-amino-alcohol motifs (C(OH)–C–C–N with tert-alkyl or cyclic N) is 1. The number of hydrogen-bond donors (Lipinski definition) is 1. The van der Waals surface area contributed by atoms with Crippen molar-refractivity contribution in [3.8, 4) is 0 Å². The van der Waals surface area contributed by atoms with Crippen LogP contribution in [0.3, 0.4) is 0 Å². The van der Waals surface area contributed by atoms with Crippen molar-refractivity contribution in [2.24, 2.45) is 0 Å². The molecular weight excluding hydrogens is 378 g/mol. The average Bonchev–Trinajstić information content (AvgIpc) is 2.94. The molecule has 0 aliphatic carbocycles. The predicted molar refractivity (Wildman–Crippen MR) is 108 cm³/mol. The zero-order valence-corrected chi connectivity index (χ0v) is 16.2. The van der Waals surface area contributed by atoms with Crippen LogP contribution in [0.25, 0.3) is 0 Å². The summed E-state index contributed by atoms with van der Waals surface area (Å²) in [4.78, 5) is 30.4. The summed E-state index contributed by atoms with van der Waals surface area (Å²) in [6.45, 7) is 3.70. The largest absolute Gasteiger partial charge is 0.390 e. The number of rotatable bonds is 5. The fraction of sp³-hybridized carbons (Fsp3) is 0.333. The number of amides is 2. The van der Waals surface area contributed by atoms with Gasteiger partial charge in [0.05, 0.1) is 23.8 Å². The van der Waals surface area contributed by atoms with Gasteiger partial charge in [-0.1, -0.05) is 29.8 Å². The molecule has 4 rings (SSSR count). The Bertz CT molecular complexity index is 861. The second-order valence-electron chi connectivity index (χ2n) is 7.19. The first-order chi connectivity index (χ1) is 13.5. The number of benzene rings is 2. The van der Waals surface area contributed by atoms with Crippen molar-refractivity contribution in [2.45, 2.75) is 6.10 Å². The second-order valence-corrected chi connectivity index (χ2v) is 7.62. The van der Waals surface area contributed by atoms with E-state index in [9.17, 15) is 14.7 Å². The minimum Gasteiger partial charge on any atom is -0.390 e. The highest BCUT2D eigenvalue weighted by Gasteiger charge is 2.36. The Labute approximate surface area is 168 Å². The van der Waals surface area contributed by atoms with E-state index < -0.39 is 6.10 Å². The number of aliphatic hydroxyl groups is 1. The molecule has 28 heavy (non-hydrogen) atoms. The molecule has 2 aromatic rings. The summed E-state index contributed by atoms with van der Waals surface area (Å²) < 4.78 is 0. The summed E-state index contributed by atoms with van der Waals surface area (Å²) in [6, 6.07) is 14.6. The number of imide groups is 1. The van der Waals surface area contributed by atoms with Crippen molar-refractivity contribution in [3.05, 3.63) is 64.7 Å². The molecule has 1 fully saturated rings. The summed E-state index contributed by atoms with van der Waals surface area (Å²) in [7, 11) is 0. The van der Waals surface area contributed by atoms with Crippen LogP contribution in [-0.4, -0.2) is 72.1 Å². The normalized spacial score (nSPS) is 18.5. The fourth-order valence-corrected chi connectivity index (χ4v) is 4.02. The molecule has 1 atom stereocenters. The number of fused-ring (bicyclic) bond motifs is 1. The van der Waals surface area contributed by atoms with E-state index >= 15 is 0 Å². The third-order valence-electron chi connectivity index (χ3n) is 5.29. The Kier molecular flexibility index (Phi) is 5.35. The standard InChI is InChI=1S/C21H22ClN3O3/c22-15-4-3-5-16(12-15)24-10-8-23(9-11-24)13-17(26)14-25-20(27)18-6-1-2-7-19(18)21(25)28/h1-7,12,17,26H,8-11,13-14H2/t17-/m1/s1. The smallest absolute Gasteiger partial charge is 0.261 e. The lowest BCUT2D eigenvalue weighted by molar-refractivity contribution is 0.0469. The van der Waals surface area contributed by atoms with Gasteiger partial charge in [-0.2, -0.15) is 0 Å². The van der Waals surface area contributed by atoms with Crippen molar-refractivity contribution in [1.82, 2.24) is 9.80 Å². The van der Waals surface area contributed by atoms with Crippen LogP contribution >= 0.6 is 11.6 Å². The van der Waals surface area contributed by atoms with E-state index in [2.05, 4.69) is 9.80 Å². The minimum atomic E-state index is -0.778. The van der Waals surface area contributed by atoms with Crippen LogP contribution in [0, 0.1) is 0 Å². The molecule has 0 saturated carbocycles. The monoisotopic (exact) mass is 399 g/mol. The number of carbonyl (C=O) groups excluding carboxylic acids is 2. The molecule has 0 radical (unpaired) electrons. The van der Waals surface area contributed by atoms with Crippen LogP contribution < -0.4 is 4.90 Å². The average molecular weight is 400 g/mol. The van der Waals surface area contributed by atoms with Gasteiger partial charge in [0, 0.05) is 43.4 Å². The Morgan fingerprint density at radius 1 is 0.893 bits per heavy atom. The maximum absolute atomic E-state index is 12.4. The van der Waals surface area contributed by atoms with E-state index in [1.807, 2.05) is 24.3 Å². The molecule has 146 valence electrons. The predicted octanol–water partition coefficient (Wildman–Crippen LogP) is 2.12. The highest BCUT2D eigenvalue weighted by Crippen LogP contribution is 2.23. The van der Waals surface area contributed by atoms with Crippen molar-refractivity contribution in [2.75, 3.05) is 44.2 Å². The highest BCUT2D eigenvalue weighted by atomic mass is 35.5. The Balaban J connectivity index is 1.30. The zero-order valence-electron chi connectivity index (χ0n) is 15.4. The first kappa shape index (κ1) is 18.9. The van der Waals surface area contributed by atoms with Crippen LogP contribution in [0.1, 0.15) is 20.7 Å². The van der Waals surface area contributed by atoms with Gasteiger partial charge in [-0.25, -0.2) is 0 Å². The third kappa shape index (κ3) is 3.76. The molecule has 0 aromatic heterocycles. The van der Waals surface area contributed by atoms with Crippen LogP contribution in [0.4, 0.5) is 5.69 Å². The highest BCUT2D eigenvalue weighted by molar-refractivity contribution is 6.30. The van der Waals surface area contributed by atoms with Gasteiger partial charge in [0.15, 0.2) is 0 Å². The molecule has 7 heteroatoms. The van der Waals surface area contributed by atoms with Gasteiger partial charge in [0.1, 0.15) is 0 Å². The molecule has 2 aromatic carbocycles. The summed E-state index contributed by atoms with van der Waals surface area (Å²) >= 11 is 6.07. The maximum atomic E-state index is 12.4. The van der Waals surface area contributed by atoms with Gasteiger partial charge in [-0.05, 0) is 30.3 Å². The number of hydrogen-bond acceptors (Lipinski definition) is 5. The van der Waals surface area contributed by atoms with E-state index in [0.717, 1.165) is 41.8 Å². The molecule has 2 aliphatic rings. The van der Waals surface area contributed by atoms with Gasteiger partial charge in [-0.15, -0.1) is 0 Å². The summed E-state index contributed by atoms with van der Waals surface area (Å²) in [5.41, 5.74) is 1.92. The molecular formula is C21H22ClN3O3. The Morgan fingerprint density at radius 2 is 1.54 bits per heavy atom. The summed E-state index contributed by atoms with van der Waals surface area (Å²) in [5.74, 6) is -0.657. The molecule has 0 spiro atoms. The van der Waals surface area contributed by atoms with Crippen molar-refractivity contribution < 1.29 is 14.7 Å². The lowest BCUT2D eigenvalue weighted by atomic mass is 10.1. The molecule has 0 unspecified atom stereocenters. The van der Waals surface area contributed by atoms with Gasteiger partial charge >= 0.3 is 0 Å². The quantitative estimate of drug-likeness (QED) is 0.780. The molecule has 1 saturated heterocycles. The van der Waals surface area contributed by atoms with E-state index in [4.69, 9.17) is 11.6 Å². The first-order valence-electron chi connectivity index (χ1n) is 9.39. The molecule has 0 bridgehead atoms. The van der Waals surface area contributed by atoms with E-state index in [0.29, 0.717) is 17.7 Å². The topological polar surface area (TPSA) is 64.1 Å². The number of piperazine rings is 1. The van der Waals surface area contributed by atoms with Crippen LogP contribution in [-0.2, 0) is 0 Å². The number of anilines is 1. The van der Waals surface area contributed by atoms with E-state index in [-0.39, 0.29) is 18.4 Å². The van der Waals surface area contributed by atoms with Gasteiger partial charge in [-0.3, -0.25) is 19.4 Å². The molecule has 2 amide bonds. The van der Waals surface area contributed by atoms with Crippen LogP contribution in [0.15, 0.2) is 48.5 Å². The van der Waals surface area contributed by atoms with E-state index in [1.165, 1.54) is 0 Å². The number of aliphatic hydroxyl groups excluding tert-OH is 1.